The summed E-state index contributed by atoms with van der Waals surface area (Å²) in [5.41, 5.74) is 8.50. The molecule has 0 unspecified atom stereocenters. The largest absolute Gasteiger partial charge is 0.368 e. The van der Waals surface area contributed by atoms with Crippen molar-refractivity contribution in [3.05, 3.63) is 41.2 Å². The topological polar surface area (TPSA) is 138 Å². The number of nitrogen functional groups attached to an aromatic ring is 1. The lowest BCUT2D eigenvalue weighted by Gasteiger charge is -2.25. The van der Waals surface area contributed by atoms with Gasteiger partial charge < -0.3 is 26.3 Å². The van der Waals surface area contributed by atoms with Crippen molar-refractivity contribution in [2.45, 2.75) is 13.0 Å². The summed E-state index contributed by atoms with van der Waals surface area (Å²) >= 11 is 6.38. The van der Waals surface area contributed by atoms with E-state index in [2.05, 4.69) is 30.6 Å². The highest BCUT2D eigenvalue weighted by atomic mass is 35.5. The summed E-state index contributed by atoms with van der Waals surface area (Å²) in [6.07, 6.45) is 1.54. The monoisotopic (exact) mass is 439 g/mol. The van der Waals surface area contributed by atoms with Gasteiger partial charge in [0.2, 0.25) is 11.9 Å². The molecule has 1 aromatic carbocycles. The van der Waals surface area contributed by atoms with E-state index in [1.54, 1.807) is 18.0 Å². The minimum absolute atomic E-state index is 0.120. The number of amides is 1. The van der Waals surface area contributed by atoms with Crippen LogP contribution in [0.15, 0.2) is 30.6 Å². The molecule has 0 spiro atoms. The van der Waals surface area contributed by atoms with Crippen LogP contribution in [0, 0.1) is 0 Å². The number of nitrogens with two attached hydrogens (primary N) is 1. The van der Waals surface area contributed by atoms with E-state index in [0.29, 0.717) is 33.3 Å². The summed E-state index contributed by atoms with van der Waals surface area (Å²) in [6.45, 7) is 2.12. The van der Waals surface area contributed by atoms with Gasteiger partial charge in [-0.05, 0) is 19.1 Å². The van der Waals surface area contributed by atoms with Crippen molar-refractivity contribution in [1.82, 2.24) is 30.2 Å². The van der Waals surface area contributed by atoms with E-state index >= 15 is 0 Å². The predicted octanol–water partition coefficient (Wildman–Crippen LogP) is 2.49. The standard InChI is InChI=1S/C20H22ClN9O/c1-10(26-18-16-17(25-9-24-16)28-20(22)29-18)12-7-11-5-4-6-13(21)15(11)27-19(12)30(3)8-14(31)23-2/h4-7,9-10H,8H2,1-3H3,(H,23,31)(H4,22,24,25,26,28,29)/t10-/m0/s1. The molecule has 3 aromatic heterocycles. The summed E-state index contributed by atoms with van der Waals surface area (Å²) < 4.78 is 0. The highest BCUT2D eigenvalue weighted by molar-refractivity contribution is 6.35. The van der Waals surface area contributed by atoms with Gasteiger partial charge in [-0.3, -0.25) is 4.79 Å². The highest BCUT2D eigenvalue weighted by Crippen LogP contribution is 2.33. The molecule has 1 atom stereocenters. The highest BCUT2D eigenvalue weighted by Gasteiger charge is 2.20. The number of likely N-dealkylation sites (N-methyl/N-ethyl adjacent to an activating group) is 2. The van der Waals surface area contributed by atoms with Crippen LogP contribution in [-0.2, 0) is 4.79 Å². The normalized spacial score (nSPS) is 12.1. The predicted molar refractivity (Wildman–Crippen MR) is 122 cm³/mol. The zero-order valence-corrected chi connectivity index (χ0v) is 18.0. The van der Waals surface area contributed by atoms with Gasteiger partial charge in [-0.15, -0.1) is 0 Å². The van der Waals surface area contributed by atoms with Gasteiger partial charge in [0.15, 0.2) is 11.5 Å². The van der Waals surface area contributed by atoms with Gasteiger partial charge >= 0.3 is 0 Å². The third-order valence-electron chi connectivity index (χ3n) is 4.95. The summed E-state index contributed by atoms with van der Waals surface area (Å²) in [6, 6.07) is 7.39. The van der Waals surface area contributed by atoms with Crippen LogP contribution in [0.5, 0.6) is 0 Å². The Kier molecular flexibility index (Phi) is 5.47. The number of para-hydroxylation sites is 1. The molecule has 11 heteroatoms. The van der Waals surface area contributed by atoms with E-state index < -0.39 is 0 Å². The molecule has 10 nitrogen and oxygen atoms in total. The first-order valence-electron chi connectivity index (χ1n) is 9.61. The number of fused-ring (bicyclic) bond motifs is 2. The number of carbonyl (C=O) groups is 1. The van der Waals surface area contributed by atoms with Crippen LogP contribution < -0.4 is 21.3 Å². The fraction of sp³-hybridized carbons (Fsp3) is 0.250. The second-order valence-electron chi connectivity index (χ2n) is 7.14. The summed E-state index contributed by atoms with van der Waals surface area (Å²) in [5.74, 6) is 1.15. The van der Waals surface area contributed by atoms with Crippen LogP contribution >= 0.6 is 11.6 Å². The molecule has 4 rings (SSSR count). The fourth-order valence-corrected chi connectivity index (χ4v) is 3.62. The maximum atomic E-state index is 12.0. The van der Waals surface area contributed by atoms with Crippen LogP contribution in [0.2, 0.25) is 5.02 Å². The van der Waals surface area contributed by atoms with Crippen molar-refractivity contribution in [3.8, 4) is 0 Å². The molecule has 0 bridgehead atoms. The molecule has 4 aromatic rings. The third-order valence-corrected chi connectivity index (χ3v) is 5.25. The average molecular weight is 440 g/mol. The molecule has 5 N–H and O–H groups in total. The number of hydrogen-bond acceptors (Lipinski definition) is 8. The van der Waals surface area contributed by atoms with Crippen LogP contribution in [-0.4, -0.2) is 51.5 Å². The number of halogens is 1. The van der Waals surface area contributed by atoms with Gasteiger partial charge in [0.1, 0.15) is 11.3 Å². The number of hydrogen-bond donors (Lipinski definition) is 4. The fourth-order valence-electron chi connectivity index (χ4n) is 3.40. The molecule has 0 aliphatic carbocycles. The van der Waals surface area contributed by atoms with Crippen LogP contribution in [0.3, 0.4) is 0 Å². The number of aromatic amines is 1. The Morgan fingerprint density at radius 1 is 1.32 bits per heavy atom. The number of imidazole rings is 1. The van der Waals surface area contributed by atoms with Gasteiger partial charge in [0.05, 0.1) is 29.5 Å². The van der Waals surface area contributed by atoms with Gasteiger partial charge in [-0.1, -0.05) is 23.7 Å². The first-order valence-corrected chi connectivity index (χ1v) is 9.99. The number of anilines is 3. The van der Waals surface area contributed by atoms with Crippen molar-refractivity contribution in [2.24, 2.45) is 0 Å². The molecule has 0 saturated carbocycles. The number of H-pyrrole nitrogens is 1. The number of aromatic nitrogens is 5. The average Bonchev–Trinajstić information content (AvgIpc) is 3.21. The van der Waals surface area contributed by atoms with Crippen LogP contribution in [0.1, 0.15) is 18.5 Å². The van der Waals surface area contributed by atoms with E-state index in [1.165, 1.54) is 6.33 Å². The molecule has 0 aliphatic rings. The third kappa shape index (κ3) is 4.02. The number of carbonyl (C=O) groups excluding carboxylic acids is 1. The first kappa shape index (κ1) is 20.6. The zero-order chi connectivity index (χ0) is 22.1. The number of rotatable bonds is 6. The Bertz CT molecular complexity index is 1270. The Hall–Kier alpha value is -3.66. The van der Waals surface area contributed by atoms with Crippen molar-refractivity contribution >= 4 is 57.2 Å². The first-order chi connectivity index (χ1) is 14.9. The van der Waals surface area contributed by atoms with E-state index in [-0.39, 0.29) is 24.4 Å². The Labute approximate surface area is 183 Å². The molecule has 160 valence electrons. The molecule has 1 amide bonds. The zero-order valence-electron chi connectivity index (χ0n) is 17.3. The molecule has 3 heterocycles. The molecule has 0 aliphatic heterocycles. The second kappa shape index (κ2) is 8.23. The van der Waals surface area contributed by atoms with E-state index in [9.17, 15) is 4.79 Å². The second-order valence-corrected chi connectivity index (χ2v) is 7.55. The molecular formula is C20H22ClN9O. The lowest BCUT2D eigenvalue weighted by atomic mass is 10.1. The van der Waals surface area contributed by atoms with E-state index in [0.717, 1.165) is 10.9 Å². The quantitative estimate of drug-likeness (QED) is 0.359. The molecule has 0 fully saturated rings. The summed E-state index contributed by atoms with van der Waals surface area (Å²) in [4.78, 5) is 34.2. The van der Waals surface area contributed by atoms with Crippen molar-refractivity contribution in [1.29, 1.82) is 0 Å². The lowest BCUT2D eigenvalue weighted by molar-refractivity contribution is -0.119. The van der Waals surface area contributed by atoms with Gasteiger partial charge in [0, 0.05) is 25.0 Å². The van der Waals surface area contributed by atoms with Gasteiger partial charge in [-0.2, -0.15) is 9.97 Å². The lowest BCUT2D eigenvalue weighted by Crippen LogP contribution is -2.34. The smallest absolute Gasteiger partial charge is 0.239 e. The SMILES string of the molecule is CNC(=O)CN(C)c1nc2c(Cl)cccc2cc1[C@H](C)Nc1nc(N)nc2nc[nH]c12. The number of nitrogens with zero attached hydrogens (tertiary/aromatic N) is 5. The molecule has 0 radical (unpaired) electrons. The number of benzene rings is 1. The van der Waals surface area contributed by atoms with E-state index in [1.807, 2.05) is 32.2 Å². The minimum atomic E-state index is -0.237. The van der Waals surface area contributed by atoms with Crippen molar-refractivity contribution in [3.63, 3.8) is 0 Å². The minimum Gasteiger partial charge on any atom is -0.368 e. The maximum absolute atomic E-state index is 12.0. The van der Waals surface area contributed by atoms with E-state index in [4.69, 9.17) is 22.3 Å². The summed E-state index contributed by atoms with van der Waals surface area (Å²) in [7, 11) is 3.41. The molecular weight excluding hydrogens is 418 g/mol. The Morgan fingerprint density at radius 3 is 2.90 bits per heavy atom. The van der Waals surface area contributed by atoms with Crippen LogP contribution in [0.25, 0.3) is 22.1 Å². The number of pyridine rings is 1. The number of nitrogens with one attached hydrogen (secondary N) is 3. The van der Waals surface area contributed by atoms with Gasteiger partial charge in [0.25, 0.3) is 0 Å². The van der Waals surface area contributed by atoms with Gasteiger partial charge in [-0.25, -0.2) is 9.97 Å². The van der Waals surface area contributed by atoms with Crippen LogP contribution in [0.4, 0.5) is 17.6 Å². The Morgan fingerprint density at radius 2 is 2.13 bits per heavy atom. The van der Waals surface area contributed by atoms with Crippen molar-refractivity contribution < 1.29 is 4.79 Å². The molecule has 0 saturated heterocycles. The van der Waals surface area contributed by atoms with Crippen molar-refractivity contribution in [2.75, 3.05) is 36.6 Å². The molecule has 31 heavy (non-hydrogen) atoms. The summed E-state index contributed by atoms with van der Waals surface area (Å²) in [5, 5.41) is 7.44. The Balaban J connectivity index is 1.79. The maximum Gasteiger partial charge on any atom is 0.239 e.